The Hall–Kier alpha value is -2.39. The van der Waals surface area contributed by atoms with Crippen molar-refractivity contribution in [3.05, 3.63) is 69.5 Å². The number of rotatable bonds is 4. The highest BCUT2D eigenvalue weighted by Crippen LogP contribution is 2.31. The summed E-state index contributed by atoms with van der Waals surface area (Å²) in [5.74, 6) is -0.354. The van der Waals surface area contributed by atoms with E-state index in [1.165, 1.54) is 17.8 Å². The lowest BCUT2D eigenvalue weighted by molar-refractivity contribution is -0.385. The number of hydrogen-bond donors (Lipinski definition) is 0. The van der Waals surface area contributed by atoms with Crippen LogP contribution in [0.4, 0.5) is 10.1 Å². The highest BCUT2D eigenvalue weighted by molar-refractivity contribution is 7.98. The number of benzene rings is 2. The number of hydrogen-bond acceptors (Lipinski definition) is 4. The lowest BCUT2D eigenvalue weighted by Gasteiger charge is -2.05. The predicted octanol–water partition coefficient (Wildman–Crippen LogP) is 3.90. The van der Waals surface area contributed by atoms with E-state index >= 15 is 0 Å². The molecule has 0 heterocycles. The smallest absolute Gasteiger partial charge is 0.258 e. The number of non-ortho nitro benzene ring substituents is 1. The van der Waals surface area contributed by atoms with Crippen molar-refractivity contribution >= 4 is 17.4 Å². The van der Waals surface area contributed by atoms with Crippen molar-refractivity contribution in [2.75, 3.05) is 0 Å². The quantitative estimate of drug-likeness (QED) is 0.486. The van der Waals surface area contributed by atoms with Crippen LogP contribution in [0.3, 0.4) is 0 Å². The minimum absolute atomic E-state index is 0.156. The van der Waals surface area contributed by atoms with E-state index in [1.54, 1.807) is 6.07 Å². The second-order valence-electron chi connectivity index (χ2n) is 3.94. The monoisotopic (exact) mass is 288 g/mol. The lowest BCUT2D eigenvalue weighted by Crippen LogP contribution is -1.94. The van der Waals surface area contributed by atoms with Crippen molar-refractivity contribution in [2.45, 2.75) is 10.6 Å². The van der Waals surface area contributed by atoms with E-state index < -0.39 is 10.7 Å². The third kappa shape index (κ3) is 3.13. The first-order valence-corrected chi connectivity index (χ1v) is 6.65. The maximum Gasteiger partial charge on any atom is 0.273 e. The number of halogens is 1. The van der Waals surface area contributed by atoms with Gasteiger partial charge in [-0.05, 0) is 5.56 Å². The molecular formula is C14H9FN2O2S. The van der Waals surface area contributed by atoms with Gasteiger partial charge in [0.25, 0.3) is 5.69 Å². The van der Waals surface area contributed by atoms with E-state index in [0.717, 1.165) is 11.6 Å². The molecule has 2 aromatic rings. The van der Waals surface area contributed by atoms with Gasteiger partial charge in [-0.3, -0.25) is 10.1 Å². The highest BCUT2D eigenvalue weighted by atomic mass is 32.2. The summed E-state index contributed by atoms with van der Waals surface area (Å²) in [6.45, 7) is 0. The third-order valence-electron chi connectivity index (χ3n) is 2.60. The maximum absolute atomic E-state index is 13.7. The minimum atomic E-state index is -0.864. The molecule has 100 valence electrons. The third-order valence-corrected chi connectivity index (χ3v) is 3.71. The minimum Gasteiger partial charge on any atom is -0.258 e. The predicted molar refractivity (Wildman–Crippen MR) is 73.8 cm³/mol. The first kappa shape index (κ1) is 14.0. The average Bonchev–Trinajstić information content (AvgIpc) is 2.45. The van der Waals surface area contributed by atoms with E-state index in [9.17, 15) is 14.5 Å². The zero-order chi connectivity index (χ0) is 14.5. The Labute approximate surface area is 119 Å². The number of nitriles is 1. The van der Waals surface area contributed by atoms with Crippen molar-refractivity contribution < 1.29 is 9.31 Å². The molecule has 0 aliphatic rings. The van der Waals surface area contributed by atoms with Gasteiger partial charge < -0.3 is 0 Å². The molecule has 0 aliphatic carbocycles. The molecule has 0 aromatic heterocycles. The fraction of sp³-hybridized carbons (Fsp3) is 0.0714. The van der Waals surface area contributed by atoms with Gasteiger partial charge in [-0.25, -0.2) is 4.39 Å². The largest absolute Gasteiger partial charge is 0.273 e. The summed E-state index contributed by atoms with van der Waals surface area (Å²) in [4.78, 5) is 10.3. The molecule has 0 saturated heterocycles. The molecule has 20 heavy (non-hydrogen) atoms. The topological polar surface area (TPSA) is 66.9 Å². The maximum atomic E-state index is 13.7. The van der Waals surface area contributed by atoms with Gasteiger partial charge in [0.1, 0.15) is 17.4 Å². The Morgan fingerprint density at radius 3 is 2.60 bits per heavy atom. The van der Waals surface area contributed by atoms with Crippen molar-refractivity contribution in [1.29, 1.82) is 5.26 Å². The molecule has 6 heteroatoms. The zero-order valence-corrected chi connectivity index (χ0v) is 11.1. The first-order valence-electron chi connectivity index (χ1n) is 5.66. The van der Waals surface area contributed by atoms with Crippen LogP contribution in [0.25, 0.3) is 0 Å². The number of thioether (sulfide) groups is 1. The molecule has 0 fully saturated rings. The van der Waals surface area contributed by atoms with E-state index in [1.807, 2.05) is 30.3 Å². The Bertz CT molecular complexity index is 684. The normalized spacial score (nSPS) is 10.0. The molecule has 4 nitrogen and oxygen atoms in total. The van der Waals surface area contributed by atoms with Gasteiger partial charge in [-0.2, -0.15) is 5.26 Å². The average molecular weight is 288 g/mol. The van der Waals surface area contributed by atoms with Gasteiger partial charge in [-0.15, -0.1) is 11.8 Å². The lowest BCUT2D eigenvalue weighted by atomic mass is 10.2. The summed E-state index contributed by atoms with van der Waals surface area (Å²) in [7, 11) is 0. The molecule has 0 unspecified atom stereocenters. The van der Waals surface area contributed by atoms with Crippen molar-refractivity contribution in [2.24, 2.45) is 0 Å². The summed E-state index contributed by atoms with van der Waals surface area (Å²) in [5.41, 5.74) is 0.488. The zero-order valence-electron chi connectivity index (χ0n) is 10.2. The van der Waals surface area contributed by atoms with Crippen LogP contribution >= 0.6 is 11.8 Å². The Morgan fingerprint density at radius 1 is 1.30 bits per heavy atom. The summed E-state index contributed by atoms with van der Waals surface area (Å²) in [6.07, 6.45) is 0. The Kier molecular flexibility index (Phi) is 4.33. The number of nitrogens with zero attached hydrogens (tertiary/aromatic N) is 2. The summed E-state index contributed by atoms with van der Waals surface area (Å²) in [6, 6.07) is 13.2. The molecule has 2 aromatic carbocycles. The second-order valence-corrected chi connectivity index (χ2v) is 4.96. The Balaban J connectivity index is 2.30. The van der Waals surface area contributed by atoms with E-state index in [-0.39, 0.29) is 16.1 Å². The van der Waals surface area contributed by atoms with E-state index in [0.29, 0.717) is 5.75 Å². The molecule has 0 atom stereocenters. The van der Waals surface area contributed by atoms with Gasteiger partial charge in [-0.1, -0.05) is 30.3 Å². The van der Waals surface area contributed by atoms with Gasteiger partial charge in [0.15, 0.2) is 0 Å². The van der Waals surface area contributed by atoms with Crippen LogP contribution in [0.15, 0.2) is 47.4 Å². The van der Waals surface area contributed by atoms with Crippen LogP contribution in [0, 0.1) is 27.3 Å². The van der Waals surface area contributed by atoms with Crippen LogP contribution in [0.1, 0.15) is 11.1 Å². The van der Waals surface area contributed by atoms with Gasteiger partial charge in [0.2, 0.25) is 0 Å². The van der Waals surface area contributed by atoms with E-state index in [4.69, 9.17) is 5.26 Å². The van der Waals surface area contributed by atoms with Crippen molar-refractivity contribution in [1.82, 2.24) is 0 Å². The number of nitro groups is 1. The van der Waals surface area contributed by atoms with Crippen LogP contribution in [0.5, 0.6) is 0 Å². The second kappa shape index (κ2) is 6.17. The highest BCUT2D eigenvalue weighted by Gasteiger charge is 2.17. The molecule has 0 amide bonds. The van der Waals surface area contributed by atoms with Crippen molar-refractivity contribution in [3.63, 3.8) is 0 Å². The first-order chi connectivity index (χ1) is 9.61. The summed E-state index contributed by atoms with van der Waals surface area (Å²) >= 11 is 1.20. The molecule has 0 saturated carbocycles. The number of nitro benzene ring substituents is 1. The van der Waals surface area contributed by atoms with Crippen LogP contribution in [-0.4, -0.2) is 4.92 Å². The van der Waals surface area contributed by atoms with Gasteiger partial charge in [0, 0.05) is 16.7 Å². The van der Waals surface area contributed by atoms with E-state index in [2.05, 4.69) is 0 Å². The molecule has 0 radical (unpaired) electrons. The van der Waals surface area contributed by atoms with Crippen LogP contribution in [0.2, 0.25) is 0 Å². The molecule has 0 N–H and O–H groups in total. The molecular weight excluding hydrogens is 279 g/mol. The standard InChI is InChI=1S/C14H9FN2O2S/c15-13-6-11(17(18)19)7-14(12(13)8-16)20-9-10-4-2-1-3-5-10/h1-7H,9H2. The summed E-state index contributed by atoms with van der Waals surface area (Å²) in [5, 5.41) is 19.7. The molecule has 0 aliphatic heterocycles. The SMILES string of the molecule is N#Cc1c(F)cc([N+](=O)[O-])cc1SCc1ccccc1. The van der Waals surface area contributed by atoms with Gasteiger partial charge in [0.05, 0.1) is 11.0 Å². The van der Waals surface area contributed by atoms with Crippen LogP contribution in [-0.2, 0) is 5.75 Å². The fourth-order valence-electron chi connectivity index (χ4n) is 1.63. The van der Waals surface area contributed by atoms with Crippen LogP contribution < -0.4 is 0 Å². The van der Waals surface area contributed by atoms with Gasteiger partial charge >= 0.3 is 0 Å². The summed E-state index contributed by atoms with van der Waals surface area (Å²) < 4.78 is 13.7. The Morgan fingerprint density at radius 2 is 2.00 bits per heavy atom. The molecule has 0 bridgehead atoms. The van der Waals surface area contributed by atoms with Crippen molar-refractivity contribution in [3.8, 4) is 6.07 Å². The molecule has 2 rings (SSSR count). The molecule has 0 spiro atoms. The fourth-order valence-corrected chi connectivity index (χ4v) is 2.64.